The van der Waals surface area contributed by atoms with Crippen molar-refractivity contribution in [3.05, 3.63) is 22.6 Å². The van der Waals surface area contributed by atoms with E-state index in [-0.39, 0.29) is 11.5 Å². The molecule has 0 unspecified atom stereocenters. The molecule has 1 aromatic heterocycles. The lowest BCUT2D eigenvalue weighted by Gasteiger charge is -2.12. The van der Waals surface area contributed by atoms with Gasteiger partial charge < -0.3 is 9.64 Å². The highest BCUT2D eigenvalue weighted by Crippen LogP contribution is 2.03. The number of aromatic nitrogens is 2. The Morgan fingerprint density at radius 3 is 2.76 bits per heavy atom. The zero-order valence-corrected chi connectivity index (χ0v) is 10.3. The number of aryl methyl sites for hydroxylation is 1. The predicted molar refractivity (Wildman–Crippen MR) is 64.1 cm³/mol. The molecule has 94 valence electrons. The Hall–Kier alpha value is -1.85. The third-order valence-corrected chi connectivity index (χ3v) is 2.19. The van der Waals surface area contributed by atoms with Crippen LogP contribution in [0.3, 0.4) is 0 Å². The van der Waals surface area contributed by atoms with E-state index in [0.717, 1.165) is 5.69 Å². The van der Waals surface area contributed by atoms with Gasteiger partial charge in [-0.25, -0.2) is 4.68 Å². The van der Waals surface area contributed by atoms with E-state index >= 15 is 0 Å². The summed E-state index contributed by atoms with van der Waals surface area (Å²) in [7, 11) is 3.70. The van der Waals surface area contributed by atoms with Crippen molar-refractivity contribution in [2.75, 3.05) is 25.6 Å². The first-order valence-corrected chi connectivity index (χ1v) is 5.38. The average Bonchev–Trinajstić information content (AvgIpc) is 2.25. The second kappa shape index (κ2) is 6.03. The van der Waals surface area contributed by atoms with Gasteiger partial charge in [-0.2, -0.15) is 5.10 Å². The molecule has 0 aliphatic carbocycles. The summed E-state index contributed by atoms with van der Waals surface area (Å²) in [6.45, 7) is 2.11. The molecular formula is C11H17N3O3. The Morgan fingerprint density at radius 2 is 2.24 bits per heavy atom. The smallest absolute Gasteiger partial charge is 0.302 e. The molecule has 1 rings (SSSR count). The molecule has 0 saturated heterocycles. The number of nitrogens with zero attached hydrogens (tertiary/aromatic N) is 3. The van der Waals surface area contributed by atoms with E-state index in [9.17, 15) is 9.59 Å². The number of carbonyl (C=O) groups is 1. The van der Waals surface area contributed by atoms with Crippen LogP contribution in [0.25, 0.3) is 0 Å². The van der Waals surface area contributed by atoms with Gasteiger partial charge in [0.05, 0.1) is 18.5 Å². The van der Waals surface area contributed by atoms with Crippen LogP contribution in [-0.4, -0.2) is 36.5 Å². The fourth-order valence-electron chi connectivity index (χ4n) is 1.27. The Kier molecular flexibility index (Phi) is 4.68. The standard InChI is InChI=1S/C11H17N3O3/c1-9(15)17-6-4-5-14-11(16)7-10(8-12-14)13(2)3/h7-8H,4-6H2,1-3H3. The zero-order valence-electron chi connectivity index (χ0n) is 10.3. The van der Waals surface area contributed by atoms with Crippen LogP contribution in [-0.2, 0) is 16.1 Å². The van der Waals surface area contributed by atoms with Crippen molar-refractivity contribution in [2.45, 2.75) is 19.9 Å². The van der Waals surface area contributed by atoms with Crippen LogP contribution in [0.15, 0.2) is 17.1 Å². The van der Waals surface area contributed by atoms with Crippen molar-refractivity contribution in [2.24, 2.45) is 0 Å². The molecule has 6 nitrogen and oxygen atoms in total. The molecule has 0 N–H and O–H groups in total. The molecular weight excluding hydrogens is 222 g/mol. The van der Waals surface area contributed by atoms with Crippen LogP contribution < -0.4 is 10.5 Å². The Bertz CT molecular complexity index is 440. The third-order valence-electron chi connectivity index (χ3n) is 2.19. The Labute approximate surface area is 99.8 Å². The molecule has 17 heavy (non-hydrogen) atoms. The van der Waals surface area contributed by atoms with Crippen LogP contribution in [0.4, 0.5) is 5.69 Å². The van der Waals surface area contributed by atoms with Crippen LogP contribution in [0.1, 0.15) is 13.3 Å². The molecule has 0 bridgehead atoms. The summed E-state index contributed by atoms with van der Waals surface area (Å²) in [6.07, 6.45) is 2.21. The molecule has 6 heteroatoms. The number of carbonyl (C=O) groups excluding carboxylic acids is 1. The lowest BCUT2D eigenvalue weighted by Crippen LogP contribution is -2.24. The van der Waals surface area contributed by atoms with Crippen molar-refractivity contribution >= 4 is 11.7 Å². The second-order valence-corrected chi connectivity index (χ2v) is 3.86. The van der Waals surface area contributed by atoms with Gasteiger partial charge in [-0.05, 0) is 0 Å². The molecule has 0 aliphatic heterocycles. The van der Waals surface area contributed by atoms with Gasteiger partial charge in [0.25, 0.3) is 5.56 Å². The predicted octanol–water partition coefficient (Wildman–Crippen LogP) is 0.263. The van der Waals surface area contributed by atoms with Gasteiger partial charge in [0.15, 0.2) is 0 Å². The van der Waals surface area contributed by atoms with Gasteiger partial charge in [-0.3, -0.25) is 9.59 Å². The van der Waals surface area contributed by atoms with Gasteiger partial charge in [-0.1, -0.05) is 0 Å². The minimum Gasteiger partial charge on any atom is -0.466 e. The Morgan fingerprint density at radius 1 is 1.53 bits per heavy atom. The summed E-state index contributed by atoms with van der Waals surface area (Å²) in [5.74, 6) is -0.312. The minimum atomic E-state index is -0.312. The van der Waals surface area contributed by atoms with Crippen LogP contribution in [0.5, 0.6) is 0 Å². The van der Waals surface area contributed by atoms with Gasteiger partial charge >= 0.3 is 5.97 Å². The SMILES string of the molecule is CC(=O)OCCCn1ncc(N(C)C)cc1=O. The van der Waals surface area contributed by atoms with Crippen molar-refractivity contribution < 1.29 is 9.53 Å². The summed E-state index contributed by atoms with van der Waals surface area (Å²) in [5, 5.41) is 4.04. The quantitative estimate of drug-likeness (QED) is 0.545. The molecule has 0 atom stereocenters. The van der Waals surface area contributed by atoms with Gasteiger partial charge in [-0.15, -0.1) is 0 Å². The monoisotopic (exact) mass is 239 g/mol. The van der Waals surface area contributed by atoms with Crippen molar-refractivity contribution in [3.8, 4) is 0 Å². The number of rotatable bonds is 5. The van der Waals surface area contributed by atoms with Crippen molar-refractivity contribution in [1.82, 2.24) is 9.78 Å². The largest absolute Gasteiger partial charge is 0.466 e. The molecule has 1 aromatic rings. The number of ether oxygens (including phenoxy) is 1. The van der Waals surface area contributed by atoms with Crippen LogP contribution >= 0.6 is 0 Å². The van der Waals surface area contributed by atoms with E-state index in [1.807, 2.05) is 19.0 Å². The Balaban J connectivity index is 2.55. The summed E-state index contributed by atoms with van der Waals surface area (Å²) in [6, 6.07) is 1.53. The molecule has 1 heterocycles. The van der Waals surface area contributed by atoms with E-state index in [0.29, 0.717) is 19.6 Å². The summed E-state index contributed by atoms with van der Waals surface area (Å²) in [5.41, 5.74) is 0.616. The van der Waals surface area contributed by atoms with E-state index < -0.39 is 0 Å². The highest BCUT2D eigenvalue weighted by Gasteiger charge is 2.02. The van der Waals surface area contributed by atoms with Gasteiger partial charge in [0.2, 0.25) is 0 Å². The highest BCUT2D eigenvalue weighted by molar-refractivity contribution is 5.65. The van der Waals surface area contributed by atoms with E-state index in [4.69, 9.17) is 4.74 Å². The maximum Gasteiger partial charge on any atom is 0.302 e. The molecule has 0 amide bonds. The lowest BCUT2D eigenvalue weighted by molar-refractivity contribution is -0.141. The molecule has 0 saturated carbocycles. The third kappa shape index (κ3) is 4.26. The van der Waals surface area contributed by atoms with Crippen molar-refractivity contribution in [3.63, 3.8) is 0 Å². The first-order valence-electron chi connectivity index (χ1n) is 5.38. The lowest BCUT2D eigenvalue weighted by atomic mass is 10.4. The maximum atomic E-state index is 11.6. The first kappa shape index (κ1) is 13.2. The van der Waals surface area contributed by atoms with Crippen molar-refractivity contribution in [1.29, 1.82) is 0 Å². The van der Waals surface area contributed by atoms with E-state index in [1.54, 1.807) is 6.20 Å². The molecule has 0 aliphatic rings. The number of esters is 1. The molecule has 0 aromatic carbocycles. The number of hydrogen-bond acceptors (Lipinski definition) is 5. The normalized spacial score (nSPS) is 10.1. The van der Waals surface area contributed by atoms with Gasteiger partial charge in [0.1, 0.15) is 0 Å². The summed E-state index contributed by atoms with van der Waals surface area (Å²) in [4.78, 5) is 24.0. The number of anilines is 1. The molecule has 0 radical (unpaired) electrons. The fourth-order valence-corrected chi connectivity index (χ4v) is 1.27. The van der Waals surface area contributed by atoms with Crippen LogP contribution in [0, 0.1) is 0 Å². The summed E-state index contributed by atoms with van der Waals surface area (Å²) >= 11 is 0. The summed E-state index contributed by atoms with van der Waals surface area (Å²) < 4.78 is 6.13. The topological polar surface area (TPSA) is 64.4 Å². The second-order valence-electron chi connectivity index (χ2n) is 3.86. The average molecular weight is 239 g/mol. The molecule has 0 fully saturated rings. The maximum absolute atomic E-state index is 11.6. The van der Waals surface area contributed by atoms with Crippen LogP contribution in [0.2, 0.25) is 0 Å². The van der Waals surface area contributed by atoms with E-state index in [2.05, 4.69) is 5.10 Å². The fraction of sp³-hybridized carbons (Fsp3) is 0.545. The number of hydrogen-bond donors (Lipinski definition) is 0. The van der Waals surface area contributed by atoms with Gasteiger partial charge in [0, 0.05) is 40.1 Å². The first-order chi connectivity index (χ1) is 8.00. The highest BCUT2D eigenvalue weighted by atomic mass is 16.5. The zero-order chi connectivity index (χ0) is 12.8. The molecule has 0 spiro atoms. The van der Waals surface area contributed by atoms with E-state index in [1.165, 1.54) is 17.7 Å². The minimum absolute atomic E-state index is 0.154.